The molecule has 0 saturated heterocycles. The van der Waals surface area contributed by atoms with Crippen LogP contribution in [-0.4, -0.2) is 28.3 Å². The van der Waals surface area contributed by atoms with E-state index in [1.165, 1.54) is 23.5 Å². The van der Waals surface area contributed by atoms with Gasteiger partial charge in [-0.15, -0.1) is 11.3 Å². The van der Waals surface area contributed by atoms with Crippen LogP contribution in [0.4, 0.5) is 13.2 Å². The Bertz CT molecular complexity index is 947. The summed E-state index contributed by atoms with van der Waals surface area (Å²) in [5, 5.41) is 8.84. The van der Waals surface area contributed by atoms with Gasteiger partial charge >= 0.3 is 6.18 Å². The van der Waals surface area contributed by atoms with Crippen molar-refractivity contribution in [2.75, 3.05) is 6.54 Å². The number of nitrogens with two attached hydrogens (primary N) is 1. The molecule has 0 spiro atoms. The summed E-state index contributed by atoms with van der Waals surface area (Å²) in [5.41, 5.74) is 7.50. The number of amides is 1. The van der Waals surface area contributed by atoms with E-state index in [1.807, 2.05) is 18.5 Å². The first-order valence-electron chi connectivity index (χ1n) is 8.52. The van der Waals surface area contributed by atoms with E-state index in [0.717, 1.165) is 23.4 Å². The predicted molar refractivity (Wildman–Crippen MR) is 102 cm³/mol. The Morgan fingerprint density at radius 2 is 2.00 bits per heavy atom. The number of alkyl halides is 3. The van der Waals surface area contributed by atoms with Crippen molar-refractivity contribution in [3.8, 4) is 11.3 Å². The summed E-state index contributed by atoms with van der Waals surface area (Å²) in [6, 6.07) is 8.13. The Morgan fingerprint density at radius 1 is 1.29 bits per heavy atom. The van der Waals surface area contributed by atoms with E-state index in [4.69, 9.17) is 5.73 Å². The SMILES string of the molecule is Cn1nccc1-c1csc(C(=O)N[C@H](CN)Cc2ccc(C(F)(F)F)cc2)c1. The minimum absolute atomic E-state index is 0.173. The Labute approximate surface area is 164 Å². The Balaban J connectivity index is 1.65. The zero-order valence-electron chi connectivity index (χ0n) is 15.0. The molecule has 1 atom stereocenters. The maximum absolute atomic E-state index is 12.7. The first-order chi connectivity index (χ1) is 13.3. The standard InChI is InChI=1S/C19H19F3N4OS/c1-26-16(6-7-24-26)13-9-17(28-11-13)18(27)25-15(10-23)8-12-2-4-14(5-3-12)19(20,21)22/h2-7,9,11,15H,8,10,23H2,1H3,(H,25,27)/t15-/m0/s1. The lowest BCUT2D eigenvalue weighted by molar-refractivity contribution is -0.137. The van der Waals surface area contributed by atoms with Crippen molar-refractivity contribution in [3.63, 3.8) is 0 Å². The number of carbonyl (C=O) groups is 1. The first-order valence-corrected chi connectivity index (χ1v) is 9.40. The van der Waals surface area contributed by atoms with Gasteiger partial charge in [-0.05, 0) is 36.2 Å². The van der Waals surface area contributed by atoms with E-state index in [0.29, 0.717) is 16.9 Å². The lowest BCUT2D eigenvalue weighted by Crippen LogP contribution is -2.41. The van der Waals surface area contributed by atoms with Crippen molar-refractivity contribution in [1.29, 1.82) is 0 Å². The topological polar surface area (TPSA) is 72.9 Å². The molecule has 148 valence electrons. The normalized spacial score (nSPS) is 12.8. The molecule has 3 aromatic rings. The van der Waals surface area contributed by atoms with E-state index in [2.05, 4.69) is 10.4 Å². The van der Waals surface area contributed by atoms with Gasteiger partial charge in [0.05, 0.1) is 16.1 Å². The molecular weight excluding hydrogens is 389 g/mol. The van der Waals surface area contributed by atoms with Crippen LogP contribution in [0.25, 0.3) is 11.3 Å². The maximum atomic E-state index is 12.7. The molecule has 0 aliphatic carbocycles. The van der Waals surface area contributed by atoms with Gasteiger partial charge in [0.15, 0.2) is 0 Å². The van der Waals surface area contributed by atoms with Crippen molar-refractivity contribution >= 4 is 17.2 Å². The second-order valence-electron chi connectivity index (χ2n) is 6.34. The highest BCUT2D eigenvalue weighted by Crippen LogP contribution is 2.29. The molecule has 28 heavy (non-hydrogen) atoms. The number of halogens is 3. The molecule has 0 unspecified atom stereocenters. The predicted octanol–water partition coefficient (Wildman–Crippen LogP) is 3.47. The van der Waals surface area contributed by atoms with Crippen LogP contribution in [0.2, 0.25) is 0 Å². The molecule has 0 radical (unpaired) electrons. The van der Waals surface area contributed by atoms with Gasteiger partial charge in [0, 0.05) is 36.8 Å². The number of aryl methyl sites for hydroxylation is 1. The summed E-state index contributed by atoms with van der Waals surface area (Å²) in [5.74, 6) is -0.263. The fourth-order valence-corrected chi connectivity index (χ4v) is 3.61. The molecule has 0 bridgehead atoms. The molecule has 2 aromatic heterocycles. The first kappa shape index (κ1) is 20.1. The van der Waals surface area contributed by atoms with Gasteiger partial charge in [-0.1, -0.05) is 12.1 Å². The highest BCUT2D eigenvalue weighted by atomic mass is 32.1. The molecule has 0 aliphatic rings. The Morgan fingerprint density at radius 3 is 2.57 bits per heavy atom. The molecule has 1 amide bonds. The lowest BCUT2D eigenvalue weighted by Gasteiger charge is -2.17. The van der Waals surface area contributed by atoms with E-state index < -0.39 is 11.7 Å². The van der Waals surface area contributed by atoms with Crippen molar-refractivity contribution in [3.05, 3.63) is 64.0 Å². The van der Waals surface area contributed by atoms with Crippen molar-refractivity contribution < 1.29 is 18.0 Å². The number of rotatable bonds is 6. The highest BCUT2D eigenvalue weighted by molar-refractivity contribution is 7.12. The van der Waals surface area contributed by atoms with Crippen LogP contribution in [-0.2, 0) is 19.6 Å². The third kappa shape index (κ3) is 4.60. The zero-order valence-corrected chi connectivity index (χ0v) is 15.8. The quantitative estimate of drug-likeness (QED) is 0.656. The van der Waals surface area contributed by atoms with Crippen LogP contribution in [0.5, 0.6) is 0 Å². The number of hydrogen-bond donors (Lipinski definition) is 2. The van der Waals surface area contributed by atoms with Gasteiger partial charge in [0.1, 0.15) is 0 Å². The average molecular weight is 408 g/mol. The average Bonchev–Trinajstić information content (AvgIpc) is 3.29. The van der Waals surface area contributed by atoms with Crippen LogP contribution in [0.15, 0.2) is 48.0 Å². The number of benzene rings is 1. The van der Waals surface area contributed by atoms with Crippen molar-refractivity contribution in [2.45, 2.75) is 18.6 Å². The summed E-state index contributed by atoms with van der Waals surface area (Å²) < 4.78 is 39.7. The molecular formula is C19H19F3N4OS. The van der Waals surface area contributed by atoms with E-state index in [-0.39, 0.29) is 18.5 Å². The molecule has 1 aromatic carbocycles. The summed E-state index contributed by atoms with van der Waals surface area (Å²) in [6.07, 6.45) is -2.34. The van der Waals surface area contributed by atoms with Crippen LogP contribution in [0.1, 0.15) is 20.8 Å². The molecule has 0 aliphatic heterocycles. The third-order valence-corrected chi connectivity index (χ3v) is 5.25. The molecule has 0 saturated carbocycles. The van der Waals surface area contributed by atoms with Crippen molar-refractivity contribution in [1.82, 2.24) is 15.1 Å². The highest BCUT2D eigenvalue weighted by Gasteiger charge is 2.30. The maximum Gasteiger partial charge on any atom is 0.416 e. The van der Waals surface area contributed by atoms with Gasteiger partial charge in [0.2, 0.25) is 0 Å². The minimum atomic E-state index is -4.37. The number of hydrogen-bond acceptors (Lipinski definition) is 4. The number of aromatic nitrogens is 2. The van der Waals surface area contributed by atoms with Crippen LogP contribution in [0, 0.1) is 0 Å². The smallest absolute Gasteiger partial charge is 0.347 e. The minimum Gasteiger partial charge on any atom is -0.347 e. The largest absolute Gasteiger partial charge is 0.416 e. The Kier molecular flexibility index (Phi) is 5.85. The fraction of sp³-hybridized carbons (Fsp3) is 0.263. The monoisotopic (exact) mass is 408 g/mol. The fourth-order valence-electron chi connectivity index (χ4n) is 2.81. The van der Waals surface area contributed by atoms with Gasteiger partial charge in [-0.2, -0.15) is 18.3 Å². The second kappa shape index (κ2) is 8.15. The van der Waals surface area contributed by atoms with Gasteiger partial charge in [-0.25, -0.2) is 0 Å². The second-order valence-corrected chi connectivity index (χ2v) is 7.26. The van der Waals surface area contributed by atoms with E-state index >= 15 is 0 Å². The molecule has 2 heterocycles. The molecule has 9 heteroatoms. The van der Waals surface area contributed by atoms with Crippen LogP contribution in [0.3, 0.4) is 0 Å². The Hall–Kier alpha value is -2.65. The summed E-state index contributed by atoms with van der Waals surface area (Å²) in [4.78, 5) is 13.1. The number of nitrogens with one attached hydrogen (secondary N) is 1. The van der Waals surface area contributed by atoms with Crippen LogP contribution < -0.4 is 11.1 Å². The van der Waals surface area contributed by atoms with Crippen LogP contribution >= 0.6 is 11.3 Å². The summed E-state index contributed by atoms with van der Waals surface area (Å²) >= 11 is 1.31. The third-order valence-electron chi connectivity index (χ3n) is 4.32. The number of carbonyl (C=O) groups excluding carboxylic acids is 1. The van der Waals surface area contributed by atoms with E-state index in [9.17, 15) is 18.0 Å². The molecule has 5 nitrogen and oxygen atoms in total. The van der Waals surface area contributed by atoms with Gasteiger partial charge < -0.3 is 11.1 Å². The number of nitrogens with zero attached hydrogens (tertiary/aromatic N) is 2. The van der Waals surface area contributed by atoms with Gasteiger partial charge in [-0.3, -0.25) is 9.48 Å². The summed E-state index contributed by atoms with van der Waals surface area (Å²) in [6.45, 7) is 0.173. The van der Waals surface area contributed by atoms with Crippen molar-refractivity contribution in [2.24, 2.45) is 12.8 Å². The number of thiophene rings is 1. The zero-order chi connectivity index (χ0) is 20.3. The van der Waals surface area contributed by atoms with Gasteiger partial charge in [0.25, 0.3) is 5.91 Å². The lowest BCUT2D eigenvalue weighted by atomic mass is 10.0. The van der Waals surface area contributed by atoms with E-state index in [1.54, 1.807) is 16.9 Å². The molecule has 0 fully saturated rings. The summed E-state index contributed by atoms with van der Waals surface area (Å²) in [7, 11) is 1.82. The molecule has 3 N–H and O–H groups in total. The molecule has 3 rings (SSSR count).